The Morgan fingerprint density at radius 1 is 1.08 bits per heavy atom. The molecule has 138 valence electrons. The number of aryl methyl sites for hydroxylation is 3. The third-order valence-electron chi connectivity index (χ3n) is 4.55. The number of hydrogen-bond donors (Lipinski definition) is 2. The summed E-state index contributed by atoms with van der Waals surface area (Å²) in [6.45, 7) is 8.31. The highest BCUT2D eigenvalue weighted by Gasteiger charge is 2.13. The minimum absolute atomic E-state index is 0.124. The fourth-order valence-electron chi connectivity index (χ4n) is 2.72. The van der Waals surface area contributed by atoms with E-state index >= 15 is 0 Å². The molecular formula is C21H26N2O2S. The van der Waals surface area contributed by atoms with Crippen molar-refractivity contribution in [2.75, 3.05) is 12.4 Å². The van der Waals surface area contributed by atoms with Gasteiger partial charge in [0.2, 0.25) is 0 Å². The normalized spacial score (nSPS) is 11.6. The molecule has 0 aliphatic carbocycles. The molecule has 2 N–H and O–H groups in total. The summed E-state index contributed by atoms with van der Waals surface area (Å²) in [5, 5.41) is 7.10. The van der Waals surface area contributed by atoms with Crippen LogP contribution in [0.4, 0.5) is 5.69 Å². The van der Waals surface area contributed by atoms with Crippen LogP contribution in [0.3, 0.4) is 0 Å². The maximum atomic E-state index is 11.7. The lowest BCUT2D eigenvalue weighted by Crippen LogP contribution is -2.32. The monoisotopic (exact) mass is 370 g/mol. The van der Waals surface area contributed by atoms with E-state index in [4.69, 9.17) is 17.0 Å². The van der Waals surface area contributed by atoms with Gasteiger partial charge in [-0.3, -0.25) is 0 Å². The summed E-state index contributed by atoms with van der Waals surface area (Å²) >= 11 is 5.50. The molecule has 0 heterocycles. The molecule has 26 heavy (non-hydrogen) atoms. The van der Waals surface area contributed by atoms with Crippen molar-refractivity contribution < 1.29 is 9.53 Å². The van der Waals surface area contributed by atoms with Crippen LogP contribution >= 0.6 is 12.2 Å². The molecule has 0 saturated carbocycles. The van der Waals surface area contributed by atoms with Crippen LogP contribution < -0.4 is 10.6 Å². The van der Waals surface area contributed by atoms with E-state index in [9.17, 15) is 4.79 Å². The Balaban J connectivity index is 2.14. The molecule has 0 fully saturated rings. The number of carbonyl (C=O) groups excluding carboxylic acids is 1. The van der Waals surface area contributed by atoms with Gasteiger partial charge < -0.3 is 15.4 Å². The molecule has 2 rings (SSSR count). The molecule has 2 aromatic rings. The van der Waals surface area contributed by atoms with Gasteiger partial charge in [0.15, 0.2) is 5.11 Å². The first-order chi connectivity index (χ1) is 12.3. The van der Waals surface area contributed by atoms with E-state index in [2.05, 4.69) is 49.6 Å². The molecule has 1 unspecified atom stereocenters. The second kappa shape index (κ2) is 8.81. The zero-order valence-corrected chi connectivity index (χ0v) is 16.8. The summed E-state index contributed by atoms with van der Waals surface area (Å²) in [6.07, 6.45) is 0.908. The molecule has 0 saturated heterocycles. The molecule has 0 spiro atoms. The van der Waals surface area contributed by atoms with E-state index < -0.39 is 0 Å². The highest BCUT2D eigenvalue weighted by atomic mass is 32.1. The lowest BCUT2D eigenvalue weighted by molar-refractivity contribution is 0.0601. The number of ether oxygens (including phenoxy) is 1. The SMILES string of the molecule is CCC(NC(=S)Nc1cc(C(=O)OC)ccc1C)c1ccc(C)c(C)c1. The van der Waals surface area contributed by atoms with Crippen LogP contribution in [0.1, 0.15) is 52.0 Å². The first kappa shape index (κ1) is 19.9. The zero-order chi connectivity index (χ0) is 19.3. The van der Waals surface area contributed by atoms with Gasteiger partial charge in [-0.1, -0.05) is 31.2 Å². The van der Waals surface area contributed by atoms with E-state index in [0.717, 1.165) is 17.7 Å². The Hall–Kier alpha value is -2.40. The van der Waals surface area contributed by atoms with Gasteiger partial charge in [0.05, 0.1) is 18.7 Å². The molecule has 4 nitrogen and oxygen atoms in total. The number of anilines is 1. The molecule has 0 amide bonds. The highest BCUT2D eigenvalue weighted by Crippen LogP contribution is 2.21. The van der Waals surface area contributed by atoms with E-state index in [0.29, 0.717) is 10.7 Å². The molecule has 0 aliphatic heterocycles. The average molecular weight is 371 g/mol. The van der Waals surface area contributed by atoms with Gasteiger partial charge in [0, 0.05) is 5.69 Å². The number of nitrogens with one attached hydrogen (secondary N) is 2. The minimum atomic E-state index is -0.367. The van der Waals surface area contributed by atoms with Gasteiger partial charge in [0.1, 0.15) is 0 Å². The number of esters is 1. The number of thiocarbonyl (C=S) groups is 1. The van der Waals surface area contributed by atoms with Crippen LogP contribution in [0.5, 0.6) is 0 Å². The Labute approximate surface area is 161 Å². The summed E-state index contributed by atoms with van der Waals surface area (Å²) in [5.74, 6) is -0.367. The van der Waals surface area contributed by atoms with Crippen molar-refractivity contribution in [1.29, 1.82) is 0 Å². The van der Waals surface area contributed by atoms with Crippen LogP contribution in [0, 0.1) is 20.8 Å². The first-order valence-corrected chi connectivity index (χ1v) is 9.10. The third-order valence-corrected chi connectivity index (χ3v) is 4.77. The van der Waals surface area contributed by atoms with Gasteiger partial charge in [-0.25, -0.2) is 4.79 Å². The van der Waals surface area contributed by atoms with E-state index in [1.54, 1.807) is 12.1 Å². The third kappa shape index (κ3) is 4.82. The lowest BCUT2D eigenvalue weighted by atomic mass is 9.99. The van der Waals surface area contributed by atoms with Gasteiger partial charge >= 0.3 is 5.97 Å². The minimum Gasteiger partial charge on any atom is -0.465 e. The summed E-state index contributed by atoms with van der Waals surface area (Å²) in [5.41, 5.74) is 6.04. The van der Waals surface area contributed by atoms with E-state index in [1.807, 2.05) is 13.0 Å². The fourth-order valence-corrected chi connectivity index (χ4v) is 2.97. The standard InChI is InChI=1S/C21H26N2O2S/c1-6-18(16-9-7-13(2)15(4)11-16)22-21(26)23-19-12-17(20(24)25-5)10-8-14(19)3/h7-12,18H,6H2,1-5H3,(H2,22,23,26). The molecule has 0 aliphatic rings. The van der Waals surface area contributed by atoms with Crippen molar-refractivity contribution >= 4 is 29.0 Å². The summed E-state index contributed by atoms with van der Waals surface area (Å²) in [7, 11) is 1.37. The highest BCUT2D eigenvalue weighted by molar-refractivity contribution is 7.80. The quantitative estimate of drug-likeness (QED) is 0.583. The molecule has 0 bridgehead atoms. The number of benzene rings is 2. The Bertz CT molecular complexity index is 818. The van der Waals surface area contributed by atoms with Crippen molar-refractivity contribution in [1.82, 2.24) is 5.32 Å². The van der Waals surface area contributed by atoms with E-state index in [1.165, 1.54) is 23.8 Å². The Morgan fingerprint density at radius 3 is 2.38 bits per heavy atom. The predicted molar refractivity (Wildman–Crippen MR) is 111 cm³/mol. The first-order valence-electron chi connectivity index (χ1n) is 8.69. The second-order valence-electron chi connectivity index (χ2n) is 6.42. The number of hydrogen-bond acceptors (Lipinski definition) is 3. The molecule has 1 atom stereocenters. The molecule has 5 heteroatoms. The van der Waals surface area contributed by atoms with E-state index in [-0.39, 0.29) is 12.0 Å². The van der Waals surface area contributed by atoms with Crippen molar-refractivity contribution in [3.8, 4) is 0 Å². The van der Waals surface area contributed by atoms with Gasteiger partial charge in [-0.2, -0.15) is 0 Å². The number of rotatable bonds is 5. The summed E-state index contributed by atoms with van der Waals surface area (Å²) in [6, 6.07) is 12.0. The van der Waals surface area contributed by atoms with Crippen LogP contribution in [-0.4, -0.2) is 18.2 Å². The molecular weight excluding hydrogens is 344 g/mol. The van der Waals surface area contributed by atoms with Gasteiger partial charge in [-0.15, -0.1) is 0 Å². The van der Waals surface area contributed by atoms with Crippen LogP contribution in [0.2, 0.25) is 0 Å². The fraction of sp³-hybridized carbons (Fsp3) is 0.333. The largest absolute Gasteiger partial charge is 0.465 e. The van der Waals surface area contributed by atoms with Gasteiger partial charge in [0.25, 0.3) is 0 Å². The number of carbonyl (C=O) groups is 1. The van der Waals surface area contributed by atoms with Crippen molar-refractivity contribution in [2.45, 2.75) is 40.2 Å². The lowest BCUT2D eigenvalue weighted by Gasteiger charge is -2.21. The van der Waals surface area contributed by atoms with Crippen LogP contribution in [0.25, 0.3) is 0 Å². The van der Waals surface area contributed by atoms with Crippen molar-refractivity contribution in [2.24, 2.45) is 0 Å². The Morgan fingerprint density at radius 2 is 1.77 bits per heavy atom. The second-order valence-corrected chi connectivity index (χ2v) is 6.83. The molecule has 0 aromatic heterocycles. The Kier molecular flexibility index (Phi) is 6.75. The van der Waals surface area contributed by atoms with Gasteiger partial charge in [-0.05, 0) is 73.8 Å². The van der Waals surface area contributed by atoms with Crippen molar-refractivity contribution in [3.05, 3.63) is 64.2 Å². The maximum Gasteiger partial charge on any atom is 0.337 e. The molecule has 2 aromatic carbocycles. The van der Waals surface area contributed by atoms with Crippen molar-refractivity contribution in [3.63, 3.8) is 0 Å². The molecule has 0 radical (unpaired) electrons. The summed E-state index contributed by atoms with van der Waals surface area (Å²) in [4.78, 5) is 11.7. The zero-order valence-electron chi connectivity index (χ0n) is 16.0. The maximum absolute atomic E-state index is 11.7. The van der Waals surface area contributed by atoms with Crippen LogP contribution in [0.15, 0.2) is 36.4 Å². The smallest absolute Gasteiger partial charge is 0.337 e. The number of methoxy groups -OCH3 is 1. The van der Waals surface area contributed by atoms with Crippen LogP contribution in [-0.2, 0) is 4.74 Å². The predicted octanol–water partition coefficient (Wildman–Crippen LogP) is 4.84. The average Bonchev–Trinajstić information content (AvgIpc) is 2.63. The summed E-state index contributed by atoms with van der Waals surface area (Å²) < 4.78 is 4.78. The topological polar surface area (TPSA) is 50.4 Å².